The fourth-order valence-electron chi connectivity index (χ4n) is 1.85. The minimum Gasteiger partial charge on any atom is -0.326 e. The van der Waals surface area contributed by atoms with Crippen LogP contribution in [0.1, 0.15) is 24.2 Å². The van der Waals surface area contributed by atoms with Gasteiger partial charge in [0.05, 0.1) is 5.25 Å². The van der Waals surface area contributed by atoms with E-state index in [1.807, 2.05) is 18.2 Å². The van der Waals surface area contributed by atoms with Gasteiger partial charge in [-0.3, -0.25) is 4.57 Å². The molecule has 0 aliphatic carbocycles. The number of nitrogens with two attached hydrogens (primary N) is 1. The molecule has 3 N–H and O–H groups in total. The maximum Gasteiger partial charge on any atom is 0.343 e. The van der Waals surface area contributed by atoms with Gasteiger partial charge in [0.15, 0.2) is 5.16 Å². The van der Waals surface area contributed by atoms with E-state index in [9.17, 15) is 4.79 Å². The average molecular weight is 357 g/mol. The smallest absolute Gasteiger partial charge is 0.326 e. The molecule has 1 heterocycles. The number of nitrogens with one attached hydrogen (secondary N) is 1. The molecule has 2 atom stereocenters. The van der Waals surface area contributed by atoms with E-state index in [0.29, 0.717) is 5.16 Å². The maximum atomic E-state index is 11.4. The van der Waals surface area contributed by atoms with Gasteiger partial charge < -0.3 is 5.73 Å². The summed E-state index contributed by atoms with van der Waals surface area (Å²) in [4.78, 5) is 11.4. The Morgan fingerprint density at radius 1 is 1.55 bits per heavy atom. The summed E-state index contributed by atoms with van der Waals surface area (Å²) < 4.78 is 2.51. The van der Waals surface area contributed by atoms with E-state index in [1.54, 1.807) is 7.05 Å². The van der Waals surface area contributed by atoms with Gasteiger partial charge in [-0.2, -0.15) is 0 Å². The van der Waals surface area contributed by atoms with Crippen molar-refractivity contribution in [3.05, 3.63) is 44.8 Å². The third kappa shape index (κ3) is 3.34. The van der Waals surface area contributed by atoms with Crippen molar-refractivity contribution < 1.29 is 0 Å². The summed E-state index contributed by atoms with van der Waals surface area (Å²) in [5.41, 5.74) is 7.15. The van der Waals surface area contributed by atoms with E-state index in [-0.39, 0.29) is 17.0 Å². The van der Waals surface area contributed by atoms with Crippen LogP contribution in [-0.2, 0) is 7.05 Å². The summed E-state index contributed by atoms with van der Waals surface area (Å²) in [7, 11) is 1.70. The zero-order valence-corrected chi connectivity index (χ0v) is 13.7. The van der Waals surface area contributed by atoms with Gasteiger partial charge in [0, 0.05) is 17.6 Å². The summed E-state index contributed by atoms with van der Waals surface area (Å²) in [5, 5.41) is 7.18. The minimum absolute atomic E-state index is 0.0129. The van der Waals surface area contributed by atoms with Crippen molar-refractivity contribution in [2.75, 3.05) is 0 Å². The van der Waals surface area contributed by atoms with Crippen molar-refractivity contribution in [2.45, 2.75) is 29.8 Å². The molecule has 0 saturated heterocycles. The molecule has 0 aliphatic heterocycles. The van der Waals surface area contributed by atoms with Crippen LogP contribution < -0.4 is 11.4 Å². The first-order valence-corrected chi connectivity index (χ1v) is 7.99. The second-order valence-corrected chi connectivity index (χ2v) is 6.56. The van der Waals surface area contributed by atoms with E-state index < -0.39 is 0 Å². The van der Waals surface area contributed by atoms with Crippen molar-refractivity contribution in [2.24, 2.45) is 12.8 Å². The molecule has 0 spiro atoms. The highest BCUT2D eigenvalue weighted by Gasteiger charge is 2.22. The third-order valence-corrected chi connectivity index (χ3v) is 5.05. The van der Waals surface area contributed by atoms with Gasteiger partial charge in [0.25, 0.3) is 0 Å². The van der Waals surface area contributed by atoms with Crippen LogP contribution in [0.5, 0.6) is 0 Å². The lowest BCUT2D eigenvalue weighted by Crippen LogP contribution is -2.26. The van der Waals surface area contributed by atoms with E-state index >= 15 is 0 Å². The molecule has 0 amide bonds. The Kier molecular flexibility index (Phi) is 5.06. The van der Waals surface area contributed by atoms with Gasteiger partial charge in [0.1, 0.15) is 0 Å². The predicted octanol–water partition coefficient (Wildman–Crippen LogP) is 2.44. The molecule has 0 radical (unpaired) electrons. The minimum atomic E-state index is -0.217. The molecular weight excluding hydrogens is 340 g/mol. The Labute approximate surface area is 130 Å². The number of aromatic amines is 1. The van der Waals surface area contributed by atoms with Crippen molar-refractivity contribution in [3.63, 3.8) is 0 Å². The number of H-pyrrole nitrogens is 1. The Hall–Kier alpha value is -1.05. The molecule has 20 heavy (non-hydrogen) atoms. The molecule has 1 aromatic heterocycles. The van der Waals surface area contributed by atoms with Crippen LogP contribution in [-0.4, -0.2) is 20.8 Å². The van der Waals surface area contributed by atoms with Crippen molar-refractivity contribution >= 4 is 27.7 Å². The zero-order valence-electron chi connectivity index (χ0n) is 11.3. The number of halogens is 1. The Morgan fingerprint density at radius 3 is 2.85 bits per heavy atom. The lowest BCUT2D eigenvalue weighted by atomic mass is 10.0. The monoisotopic (exact) mass is 356 g/mol. The first-order valence-electron chi connectivity index (χ1n) is 6.32. The van der Waals surface area contributed by atoms with Gasteiger partial charge in [-0.1, -0.05) is 46.7 Å². The number of hydrogen-bond donors (Lipinski definition) is 2. The number of hydrogen-bond acceptors (Lipinski definition) is 4. The van der Waals surface area contributed by atoms with Gasteiger partial charge in [-0.15, -0.1) is 5.10 Å². The fraction of sp³-hybridized carbons (Fsp3) is 0.385. The summed E-state index contributed by atoms with van der Waals surface area (Å²) in [6.07, 6.45) is 0.850. The third-order valence-electron chi connectivity index (χ3n) is 3.11. The molecule has 2 rings (SSSR count). The summed E-state index contributed by atoms with van der Waals surface area (Å²) in [6.45, 7) is 2.06. The Bertz CT molecular complexity index is 639. The van der Waals surface area contributed by atoms with Crippen molar-refractivity contribution in [3.8, 4) is 0 Å². The second-order valence-electron chi connectivity index (χ2n) is 4.54. The van der Waals surface area contributed by atoms with Gasteiger partial charge in [-0.25, -0.2) is 9.89 Å². The first-order chi connectivity index (χ1) is 9.52. The van der Waals surface area contributed by atoms with Gasteiger partial charge in [0.2, 0.25) is 0 Å². The normalized spacial score (nSPS) is 14.2. The number of benzene rings is 1. The zero-order chi connectivity index (χ0) is 14.7. The predicted molar refractivity (Wildman–Crippen MR) is 84.8 cm³/mol. The van der Waals surface area contributed by atoms with Crippen LogP contribution in [0.25, 0.3) is 0 Å². The summed E-state index contributed by atoms with van der Waals surface area (Å²) in [6, 6.07) is 8.05. The molecule has 2 unspecified atom stereocenters. The second kappa shape index (κ2) is 6.60. The summed E-state index contributed by atoms with van der Waals surface area (Å²) >= 11 is 4.98. The van der Waals surface area contributed by atoms with Gasteiger partial charge >= 0.3 is 5.69 Å². The Balaban J connectivity index is 2.33. The standard InChI is InChI=1S/C13H17BrN4OS/c1-3-10(15)11(8-5-4-6-9(14)7-8)20-13-17-16-12(19)18(13)2/h4-7,10-11H,3,15H2,1-2H3,(H,16,19). The number of thioether (sulfide) groups is 1. The molecule has 0 bridgehead atoms. The molecule has 1 aromatic carbocycles. The summed E-state index contributed by atoms with van der Waals surface area (Å²) in [5.74, 6) is 0. The molecule has 7 heteroatoms. The van der Waals surface area contributed by atoms with Crippen LogP contribution in [0.4, 0.5) is 0 Å². The van der Waals surface area contributed by atoms with Crippen LogP contribution in [0.15, 0.2) is 38.7 Å². The lowest BCUT2D eigenvalue weighted by molar-refractivity contribution is 0.629. The van der Waals surface area contributed by atoms with Crippen molar-refractivity contribution in [1.29, 1.82) is 0 Å². The quantitative estimate of drug-likeness (QED) is 0.806. The Morgan fingerprint density at radius 2 is 2.30 bits per heavy atom. The highest BCUT2D eigenvalue weighted by molar-refractivity contribution is 9.10. The molecule has 0 fully saturated rings. The molecule has 108 valence electrons. The van der Waals surface area contributed by atoms with E-state index in [4.69, 9.17) is 5.73 Å². The molecule has 0 saturated carbocycles. The number of rotatable bonds is 5. The molecule has 5 nitrogen and oxygen atoms in total. The maximum absolute atomic E-state index is 11.4. The fourth-order valence-corrected chi connectivity index (χ4v) is 3.49. The van der Waals surface area contributed by atoms with Crippen molar-refractivity contribution in [1.82, 2.24) is 14.8 Å². The number of aromatic nitrogens is 3. The SMILES string of the molecule is CCC(N)C(Sc1n[nH]c(=O)n1C)c1cccc(Br)c1. The lowest BCUT2D eigenvalue weighted by Gasteiger charge is -2.22. The van der Waals surface area contributed by atoms with Gasteiger partial charge in [-0.05, 0) is 24.1 Å². The largest absolute Gasteiger partial charge is 0.343 e. The van der Waals surface area contributed by atoms with Crippen LogP contribution >= 0.6 is 27.7 Å². The molecular formula is C13H17BrN4OS. The van der Waals surface area contributed by atoms with Crippen LogP contribution in [0.2, 0.25) is 0 Å². The highest BCUT2D eigenvalue weighted by atomic mass is 79.9. The molecule has 0 aliphatic rings. The topological polar surface area (TPSA) is 76.7 Å². The first kappa shape index (κ1) is 15.3. The average Bonchev–Trinajstić information content (AvgIpc) is 2.75. The highest BCUT2D eigenvalue weighted by Crippen LogP contribution is 2.37. The van der Waals surface area contributed by atoms with E-state index in [1.165, 1.54) is 16.3 Å². The molecule has 2 aromatic rings. The van der Waals surface area contributed by atoms with E-state index in [2.05, 4.69) is 39.1 Å². The van der Waals surface area contributed by atoms with Crippen LogP contribution in [0.3, 0.4) is 0 Å². The van der Waals surface area contributed by atoms with Crippen LogP contribution in [0, 0.1) is 0 Å². The number of nitrogens with zero attached hydrogens (tertiary/aromatic N) is 2. The van der Waals surface area contributed by atoms with E-state index in [0.717, 1.165) is 16.5 Å².